The van der Waals surface area contributed by atoms with Crippen LogP contribution in [-0.2, 0) is 0 Å². The SMILES string of the molecule is COc1cccc(OCCN=C(N)N2CCN(c3ccc(F)cc3)CC2)c1.I. The molecule has 3 rings (SSSR count). The number of piperazine rings is 1. The molecule has 0 radical (unpaired) electrons. The van der Waals surface area contributed by atoms with E-state index in [0.29, 0.717) is 19.1 Å². The lowest BCUT2D eigenvalue weighted by molar-refractivity contribution is 0.323. The van der Waals surface area contributed by atoms with Gasteiger partial charge in [0.2, 0.25) is 0 Å². The Hall–Kier alpha value is -2.23. The maximum absolute atomic E-state index is 13.0. The molecular formula is C20H26FIN4O2. The number of hydrogen-bond acceptors (Lipinski definition) is 4. The average molecular weight is 500 g/mol. The van der Waals surface area contributed by atoms with Gasteiger partial charge >= 0.3 is 0 Å². The van der Waals surface area contributed by atoms with Crippen molar-refractivity contribution in [2.45, 2.75) is 0 Å². The van der Waals surface area contributed by atoms with Gasteiger partial charge in [-0.25, -0.2) is 9.38 Å². The van der Waals surface area contributed by atoms with Crippen molar-refractivity contribution in [1.29, 1.82) is 0 Å². The number of rotatable bonds is 6. The minimum absolute atomic E-state index is 0. The number of anilines is 1. The highest BCUT2D eigenvalue weighted by Crippen LogP contribution is 2.19. The second-order valence-electron chi connectivity index (χ2n) is 6.22. The molecule has 1 saturated heterocycles. The standard InChI is InChI=1S/C20H25FN4O2.HI/c1-26-18-3-2-4-19(15-18)27-14-9-23-20(22)25-12-10-24(11-13-25)17-7-5-16(21)6-8-17;/h2-8,15H,9-14H2,1H3,(H2,22,23);1H. The molecule has 2 N–H and O–H groups in total. The van der Waals surface area contributed by atoms with Crippen LogP contribution in [0, 0.1) is 5.82 Å². The molecular weight excluding hydrogens is 474 g/mol. The highest BCUT2D eigenvalue weighted by Gasteiger charge is 2.18. The number of ether oxygens (including phenoxy) is 2. The molecule has 1 aliphatic heterocycles. The minimum atomic E-state index is -0.218. The highest BCUT2D eigenvalue weighted by molar-refractivity contribution is 14.0. The summed E-state index contributed by atoms with van der Waals surface area (Å²) in [6.07, 6.45) is 0. The molecule has 1 aliphatic rings. The summed E-state index contributed by atoms with van der Waals surface area (Å²) in [5.74, 6) is 1.82. The van der Waals surface area contributed by atoms with E-state index in [4.69, 9.17) is 15.2 Å². The Morgan fingerprint density at radius 3 is 2.43 bits per heavy atom. The molecule has 0 bridgehead atoms. The van der Waals surface area contributed by atoms with Crippen LogP contribution in [0.15, 0.2) is 53.5 Å². The first-order valence-electron chi connectivity index (χ1n) is 8.98. The predicted octanol–water partition coefficient (Wildman–Crippen LogP) is 2.97. The van der Waals surface area contributed by atoms with Gasteiger partial charge in [0.1, 0.15) is 23.9 Å². The summed E-state index contributed by atoms with van der Waals surface area (Å²) in [5.41, 5.74) is 7.14. The van der Waals surface area contributed by atoms with Crippen molar-refractivity contribution in [2.75, 3.05) is 51.3 Å². The number of halogens is 2. The zero-order valence-corrected chi connectivity index (χ0v) is 18.2. The largest absolute Gasteiger partial charge is 0.497 e. The van der Waals surface area contributed by atoms with E-state index in [1.165, 1.54) is 12.1 Å². The number of benzene rings is 2. The molecule has 0 atom stereocenters. The summed E-state index contributed by atoms with van der Waals surface area (Å²) in [4.78, 5) is 8.69. The molecule has 152 valence electrons. The van der Waals surface area contributed by atoms with Crippen LogP contribution in [0.3, 0.4) is 0 Å². The zero-order chi connectivity index (χ0) is 19.1. The third-order valence-electron chi connectivity index (χ3n) is 4.47. The van der Waals surface area contributed by atoms with Crippen LogP contribution < -0.4 is 20.1 Å². The fourth-order valence-corrected chi connectivity index (χ4v) is 2.96. The van der Waals surface area contributed by atoms with E-state index >= 15 is 0 Å². The molecule has 2 aromatic rings. The summed E-state index contributed by atoms with van der Waals surface area (Å²) in [7, 11) is 1.62. The Morgan fingerprint density at radius 2 is 1.75 bits per heavy atom. The fraction of sp³-hybridized carbons (Fsp3) is 0.350. The maximum Gasteiger partial charge on any atom is 0.191 e. The summed E-state index contributed by atoms with van der Waals surface area (Å²) in [5, 5.41) is 0. The van der Waals surface area contributed by atoms with Crippen LogP contribution in [0.2, 0.25) is 0 Å². The van der Waals surface area contributed by atoms with Gasteiger partial charge in [-0.15, -0.1) is 24.0 Å². The van der Waals surface area contributed by atoms with E-state index < -0.39 is 0 Å². The lowest BCUT2D eigenvalue weighted by Gasteiger charge is -2.36. The summed E-state index contributed by atoms with van der Waals surface area (Å²) >= 11 is 0. The third-order valence-corrected chi connectivity index (χ3v) is 4.47. The minimum Gasteiger partial charge on any atom is -0.497 e. The molecule has 0 spiro atoms. The van der Waals surface area contributed by atoms with E-state index in [9.17, 15) is 4.39 Å². The normalized spacial score (nSPS) is 14.4. The van der Waals surface area contributed by atoms with Gasteiger partial charge in [0, 0.05) is 37.9 Å². The highest BCUT2D eigenvalue weighted by atomic mass is 127. The van der Waals surface area contributed by atoms with Crippen molar-refractivity contribution in [1.82, 2.24) is 4.90 Å². The zero-order valence-electron chi connectivity index (χ0n) is 15.9. The molecule has 0 aliphatic carbocycles. The van der Waals surface area contributed by atoms with Crippen molar-refractivity contribution < 1.29 is 13.9 Å². The van der Waals surface area contributed by atoms with Crippen LogP contribution in [0.5, 0.6) is 11.5 Å². The first kappa shape index (κ1) is 22.1. The average Bonchev–Trinajstić information content (AvgIpc) is 2.72. The number of hydrogen-bond donors (Lipinski definition) is 1. The Morgan fingerprint density at radius 1 is 1.07 bits per heavy atom. The van der Waals surface area contributed by atoms with Crippen LogP contribution >= 0.6 is 24.0 Å². The molecule has 1 heterocycles. The predicted molar refractivity (Wildman–Crippen MR) is 121 cm³/mol. The molecule has 2 aromatic carbocycles. The van der Waals surface area contributed by atoms with Gasteiger partial charge in [0.25, 0.3) is 0 Å². The maximum atomic E-state index is 13.0. The number of guanidine groups is 1. The van der Waals surface area contributed by atoms with Crippen molar-refractivity contribution >= 4 is 35.6 Å². The van der Waals surface area contributed by atoms with Crippen molar-refractivity contribution in [2.24, 2.45) is 10.7 Å². The molecule has 0 aromatic heterocycles. The van der Waals surface area contributed by atoms with Gasteiger partial charge in [-0.05, 0) is 36.4 Å². The van der Waals surface area contributed by atoms with E-state index in [-0.39, 0.29) is 29.8 Å². The topological polar surface area (TPSA) is 63.3 Å². The Kier molecular flexibility index (Phi) is 8.62. The molecule has 6 nitrogen and oxygen atoms in total. The lowest BCUT2D eigenvalue weighted by Crippen LogP contribution is -2.51. The summed E-state index contributed by atoms with van der Waals surface area (Å²) < 4.78 is 23.9. The van der Waals surface area contributed by atoms with Gasteiger partial charge in [0.05, 0.1) is 13.7 Å². The van der Waals surface area contributed by atoms with Crippen molar-refractivity contribution in [3.05, 3.63) is 54.3 Å². The monoisotopic (exact) mass is 500 g/mol. The summed E-state index contributed by atoms with van der Waals surface area (Å²) in [6.45, 7) is 4.14. The Bertz CT molecular complexity index is 765. The first-order chi connectivity index (χ1) is 13.2. The van der Waals surface area contributed by atoms with Gasteiger partial charge in [0.15, 0.2) is 5.96 Å². The Labute approximate surface area is 182 Å². The van der Waals surface area contributed by atoms with E-state index in [1.54, 1.807) is 19.2 Å². The Balaban J connectivity index is 0.00000280. The first-order valence-corrected chi connectivity index (χ1v) is 8.98. The molecule has 0 unspecified atom stereocenters. The number of aliphatic imine (C=N–C) groups is 1. The molecule has 1 fully saturated rings. The van der Waals surface area contributed by atoms with E-state index in [0.717, 1.165) is 43.4 Å². The van der Waals surface area contributed by atoms with Crippen LogP contribution in [0.25, 0.3) is 0 Å². The second-order valence-corrected chi connectivity index (χ2v) is 6.22. The third kappa shape index (κ3) is 6.15. The fourth-order valence-electron chi connectivity index (χ4n) is 2.96. The number of methoxy groups -OCH3 is 1. The number of nitrogens with two attached hydrogens (primary N) is 1. The van der Waals surface area contributed by atoms with Crippen LogP contribution in [-0.4, -0.2) is 57.3 Å². The second kappa shape index (κ2) is 10.9. The van der Waals surface area contributed by atoms with Crippen LogP contribution in [0.4, 0.5) is 10.1 Å². The number of nitrogens with zero attached hydrogens (tertiary/aromatic N) is 3. The molecule has 0 saturated carbocycles. The van der Waals surface area contributed by atoms with E-state index in [2.05, 4.69) is 14.8 Å². The van der Waals surface area contributed by atoms with E-state index in [1.807, 2.05) is 24.3 Å². The van der Waals surface area contributed by atoms with Crippen molar-refractivity contribution in [3.63, 3.8) is 0 Å². The molecule has 28 heavy (non-hydrogen) atoms. The van der Waals surface area contributed by atoms with Gasteiger partial charge in [-0.3, -0.25) is 0 Å². The van der Waals surface area contributed by atoms with Crippen LogP contribution in [0.1, 0.15) is 0 Å². The van der Waals surface area contributed by atoms with Gasteiger partial charge < -0.3 is 25.0 Å². The lowest BCUT2D eigenvalue weighted by atomic mass is 10.2. The van der Waals surface area contributed by atoms with Crippen molar-refractivity contribution in [3.8, 4) is 11.5 Å². The van der Waals surface area contributed by atoms with Gasteiger partial charge in [-0.2, -0.15) is 0 Å². The molecule has 8 heteroatoms. The molecule has 0 amide bonds. The summed E-state index contributed by atoms with van der Waals surface area (Å²) in [6, 6.07) is 14.0. The quantitative estimate of drug-likeness (QED) is 0.286. The van der Waals surface area contributed by atoms with Gasteiger partial charge in [-0.1, -0.05) is 6.07 Å². The smallest absolute Gasteiger partial charge is 0.191 e.